The molecule has 7 heteroatoms. The number of carbonyl (C=O) groups excluding carboxylic acids is 1. The van der Waals surface area contributed by atoms with Crippen molar-refractivity contribution in [1.82, 2.24) is 15.3 Å². The van der Waals surface area contributed by atoms with Crippen LogP contribution in [0.15, 0.2) is 6.07 Å². The highest BCUT2D eigenvalue weighted by molar-refractivity contribution is 5.85. The molecule has 1 aromatic rings. The fraction of sp³-hybridized carbons (Fsp3) is 0.545. The van der Waals surface area contributed by atoms with E-state index >= 15 is 0 Å². The smallest absolute Gasteiger partial charge is 0.242 e. The third-order valence-electron chi connectivity index (χ3n) is 3.07. The van der Waals surface area contributed by atoms with E-state index in [2.05, 4.69) is 20.7 Å². The Balaban J connectivity index is 2.29. The Kier molecular flexibility index (Phi) is 3.61. The number of nitrogens with two attached hydrogens (primary N) is 1. The molecular formula is C11H18N6O. The molecule has 0 aromatic carbocycles. The van der Waals surface area contributed by atoms with Crippen LogP contribution in [0.1, 0.15) is 18.7 Å². The van der Waals surface area contributed by atoms with E-state index in [1.165, 1.54) is 0 Å². The summed E-state index contributed by atoms with van der Waals surface area (Å²) in [4.78, 5) is 22.3. The summed E-state index contributed by atoms with van der Waals surface area (Å²) < 4.78 is 0. The third-order valence-corrected chi connectivity index (χ3v) is 3.07. The molecule has 2 rings (SSSR count). The summed E-state index contributed by atoms with van der Waals surface area (Å²) in [5, 5.41) is 2.69. The minimum absolute atomic E-state index is 0.0195. The zero-order valence-electron chi connectivity index (χ0n) is 10.6. The molecule has 18 heavy (non-hydrogen) atoms. The number of hydrogen-bond donors (Lipinski definition) is 3. The fourth-order valence-corrected chi connectivity index (χ4v) is 2.25. The van der Waals surface area contributed by atoms with Crippen LogP contribution in [0, 0.1) is 6.92 Å². The van der Waals surface area contributed by atoms with Gasteiger partial charge in [0.05, 0.1) is 0 Å². The first kappa shape index (κ1) is 12.6. The number of amides is 1. The van der Waals surface area contributed by atoms with Crippen molar-refractivity contribution >= 4 is 17.5 Å². The second-order valence-corrected chi connectivity index (χ2v) is 4.27. The van der Waals surface area contributed by atoms with Gasteiger partial charge >= 0.3 is 0 Å². The maximum atomic E-state index is 11.8. The van der Waals surface area contributed by atoms with Crippen LogP contribution >= 0.6 is 0 Å². The van der Waals surface area contributed by atoms with Crippen LogP contribution in [-0.4, -0.2) is 35.5 Å². The second-order valence-electron chi connectivity index (χ2n) is 4.27. The molecule has 0 radical (unpaired) electrons. The van der Waals surface area contributed by atoms with E-state index in [9.17, 15) is 4.79 Å². The summed E-state index contributed by atoms with van der Waals surface area (Å²) in [7, 11) is 1.65. The normalized spacial score (nSPS) is 18.8. The van der Waals surface area contributed by atoms with E-state index in [4.69, 9.17) is 5.84 Å². The van der Waals surface area contributed by atoms with Gasteiger partial charge in [-0.1, -0.05) is 0 Å². The highest BCUT2D eigenvalue weighted by Gasteiger charge is 2.31. The molecule has 98 valence electrons. The molecule has 7 nitrogen and oxygen atoms in total. The predicted molar refractivity (Wildman–Crippen MR) is 69.0 cm³/mol. The van der Waals surface area contributed by atoms with Crippen molar-refractivity contribution < 1.29 is 4.79 Å². The van der Waals surface area contributed by atoms with Gasteiger partial charge in [0.1, 0.15) is 23.5 Å². The average Bonchev–Trinajstić information content (AvgIpc) is 2.86. The number of hydrazine groups is 1. The average molecular weight is 250 g/mol. The number of nitrogens with zero attached hydrogens (tertiary/aromatic N) is 3. The fourth-order valence-electron chi connectivity index (χ4n) is 2.25. The highest BCUT2D eigenvalue weighted by atomic mass is 16.2. The van der Waals surface area contributed by atoms with E-state index in [0.717, 1.165) is 25.2 Å². The number of aryl methyl sites for hydroxylation is 1. The van der Waals surface area contributed by atoms with Crippen LogP contribution in [-0.2, 0) is 4.79 Å². The minimum atomic E-state index is -0.157. The number of likely N-dealkylation sites (N-methyl/N-ethyl adjacent to an activating group) is 1. The molecule has 2 heterocycles. The Hall–Kier alpha value is -1.89. The maximum Gasteiger partial charge on any atom is 0.242 e. The Morgan fingerprint density at radius 2 is 2.33 bits per heavy atom. The Bertz CT molecular complexity index is 449. The van der Waals surface area contributed by atoms with Crippen LogP contribution in [0.4, 0.5) is 11.6 Å². The van der Waals surface area contributed by atoms with Crippen molar-refractivity contribution in [1.29, 1.82) is 0 Å². The topological polar surface area (TPSA) is 96.2 Å². The molecule has 1 unspecified atom stereocenters. The van der Waals surface area contributed by atoms with E-state index in [-0.39, 0.29) is 11.9 Å². The molecule has 0 saturated carbocycles. The lowest BCUT2D eigenvalue weighted by atomic mass is 10.2. The van der Waals surface area contributed by atoms with Crippen LogP contribution in [0.2, 0.25) is 0 Å². The van der Waals surface area contributed by atoms with E-state index in [1.54, 1.807) is 20.0 Å². The minimum Gasteiger partial charge on any atom is -0.357 e. The lowest BCUT2D eigenvalue weighted by Gasteiger charge is -2.24. The lowest BCUT2D eigenvalue weighted by molar-refractivity contribution is -0.121. The van der Waals surface area contributed by atoms with Gasteiger partial charge in [-0.2, -0.15) is 0 Å². The Morgan fingerprint density at radius 3 is 3.00 bits per heavy atom. The Morgan fingerprint density at radius 1 is 1.56 bits per heavy atom. The lowest BCUT2D eigenvalue weighted by Crippen LogP contribution is -2.42. The summed E-state index contributed by atoms with van der Waals surface area (Å²) in [6.45, 7) is 2.62. The van der Waals surface area contributed by atoms with Gasteiger partial charge in [0.2, 0.25) is 5.91 Å². The van der Waals surface area contributed by atoms with Crippen molar-refractivity contribution in [3.63, 3.8) is 0 Å². The number of carbonyl (C=O) groups is 1. The first-order valence-corrected chi connectivity index (χ1v) is 5.96. The first-order valence-electron chi connectivity index (χ1n) is 5.96. The molecule has 4 N–H and O–H groups in total. The van der Waals surface area contributed by atoms with Gasteiger partial charge in [0.15, 0.2) is 0 Å². The van der Waals surface area contributed by atoms with Gasteiger partial charge in [-0.05, 0) is 19.8 Å². The molecule has 1 fully saturated rings. The van der Waals surface area contributed by atoms with Crippen molar-refractivity contribution in [2.24, 2.45) is 5.84 Å². The summed E-state index contributed by atoms with van der Waals surface area (Å²) in [6, 6.07) is 1.60. The number of anilines is 2. The second kappa shape index (κ2) is 5.18. The quantitative estimate of drug-likeness (QED) is 0.507. The van der Waals surface area contributed by atoms with Gasteiger partial charge in [0, 0.05) is 19.7 Å². The zero-order valence-corrected chi connectivity index (χ0v) is 10.6. The van der Waals surface area contributed by atoms with Crippen molar-refractivity contribution in [2.75, 3.05) is 23.9 Å². The van der Waals surface area contributed by atoms with Gasteiger partial charge in [-0.15, -0.1) is 0 Å². The first-order chi connectivity index (χ1) is 8.65. The van der Waals surface area contributed by atoms with Gasteiger partial charge in [-0.25, -0.2) is 15.8 Å². The van der Waals surface area contributed by atoms with Gasteiger partial charge < -0.3 is 15.6 Å². The molecule has 1 aliphatic heterocycles. The number of nitrogens with one attached hydrogen (secondary N) is 2. The van der Waals surface area contributed by atoms with E-state index in [0.29, 0.717) is 11.6 Å². The van der Waals surface area contributed by atoms with Crippen molar-refractivity contribution in [2.45, 2.75) is 25.8 Å². The number of rotatable bonds is 3. The monoisotopic (exact) mass is 250 g/mol. The number of nitrogen functional groups attached to an aromatic ring is 1. The van der Waals surface area contributed by atoms with Crippen LogP contribution in [0.5, 0.6) is 0 Å². The standard InChI is InChI=1S/C11H18N6O/c1-7-14-9(16-12)6-10(15-7)17-5-3-4-8(17)11(18)13-2/h6,8H,3-5,12H2,1-2H3,(H,13,18)(H,14,15,16). The molecule has 0 aliphatic carbocycles. The molecule has 1 aromatic heterocycles. The van der Waals surface area contributed by atoms with Crippen LogP contribution < -0.4 is 21.5 Å². The summed E-state index contributed by atoms with van der Waals surface area (Å²) in [6.07, 6.45) is 1.82. The highest BCUT2D eigenvalue weighted by Crippen LogP contribution is 2.25. The van der Waals surface area contributed by atoms with Crippen molar-refractivity contribution in [3.8, 4) is 0 Å². The van der Waals surface area contributed by atoms with Crippen molar-refractivity contribution in [3.05, 3.63) is 11.9 Å². The maximum absolute atomic E-state index is 11.8. The number of hydrogen-bond acceptors (Lipinski definition) is 6. The molecule has 1 atom stereocenters. The van der Waals surface area contributed by atoms with E-state index < -0.39 is 0 Å². The van der Waals surface area contributed by atoms with Gasteiger partial charge in [-0.3, -0.25) is 4.79 Å². The van der Waals surface area contributed by atoms with Gasteiger partial charge in [0.25, 0.3) is 0 Å². The molecule has 1 saturated heterocycles. The van der Waals surface area contributed by atoms with Crippen LogP contribution in [0.25, 0.3) is 0 Å². The summed E-state index contributed by atoms with van der Waals surface area (Å²) in [5.74, 6) is 7.31. The van der Waals surface area contributed by atoms with Crippen LogP contribution in [0.3, 0.4) is 0 Å². The predicted octanol–water partition coefficient (Wildman–Crippen LogP) is -0.215. The molecule has 1 aliphatic rings. The zero-order chi connectivity index (χ0) is 13.1. The molecule has 0 spiro atoms. The van der Waals surface area contributed by atoms with E-state index in [1.807, 2.05) is 4.90 Å². The largest absolute Gasteiger partial charge is 0.357 e. The summed E-state index contributed by atoms with van der Waals surface area (Å²) >= 11 is 0. The SMILES string of the molecule is CNC(=O)C1CCCN1c1cc(NN)nc(C)n1. The number of aromatic nitrogens is 2. The Labute approximate surface area is 106 Å². The summed E-state index contributed by atoms with van der Waals surface area (Å²) in [5.41, 5.74) is 2.51. The molecule has 1 amide bonds. The molecule has 0 bridgehead atoms. The molecular weight excluding hydrogens is 232 g/mol. The third kappa shape index (κ3) is 2.35.